The molecule has 4 nitrogen and oxygen atoms in total. The molecule has 0 aliphatic rings. The Morgan fingerprint density at radius 1 is 1.50 bits per heavy atom. The van der Waals surface area contributed by atoms with Gasteiger partial charge in [-0.25, -0.2) is 4.98 Å². The quantitative estimate of drug-likeness (QED) is 0.861. The van der Waals surface area contributed by atoms with Crippen LogP contribution in [0.15, 0.2) is 28.2 Å². The van der Waals surface area contributed by atoms with Crippen LogP contribution in [-0.2, 0) is 4.79 Å². The van der Waals surface area contributed by atoms with Gasteiger partial charge in [-0.2, -0.15) is 11.8 Å². The van der Waals surface area contributed by atoms with E-state index in [1.807, 2.05) is 30.7 Å². The molecule has 0 aliphatic heterocycles. The number of hydrogen-bond donors (Lipinski definition) is 1. The highest BCUT2D eigenvalue weighted by Crippen LogP contribution is 2.25. The monoisotopic (exact) mass is 371 g/mol. The fourth-order valence-corrected chi connectivity index (χ4v) is 3.17. The number of nitrogens with zero attached hydrogens (tertiary/aromatic N) is 2. The molecule has 20 heavy (non-hydrogen) atoms. The molecule has 0 bridgehead atoms. The topological polar surface area (TPSA) is 54.9 Å². The summed E-state index contributed by atoms with van der Waals surface area (Å²) in [6, 6.07) is 3.81. The summed E-state index contributed by atoms with van der Waals surface area (Å²) in [7, 11) is 0. The van der Waals surface area contributed by atoms with Crippen LogP contribution in [0.25, 0.3) is 11.4 Å². The van der Waals surface area contributed by atoms with Crippen molar-refractivity contribution in [3.63, 3.8) is 0 Å². The van der Waals surface area contributed by atoms with Gasteiger partial charge in [0.05, 0.1) is 10.9 Å². The van der Waals surface area contributed by atoms with Gasteiger partial charge in [-0.15, -0.1) is 11.3 Å². The SMILES string of the molecule is CC[C@H](SC)C(=O)Nc1nc(-c2ccc(Br)cn2)cs1. The van der Waals surface area contributed by atoms with Crippen molar-refractivity contribution in [1.29, 1.82) is 0 Å². The summed E-state index contributed by atoms with van der Waals surface area (Å²) in [5.74, 6) is 0.00432. The first-order chi connectivity index (χ1) is 9.63. The normalized spacial score (nSPS) is 12.2. The number of hydrogen-bond acceptors (Lipinski definition) is 5. The molecule has 0 spiro atoms. The summed E-state index contributed by atoms with van der Waals surface area (Å²) < 4.78 is 0.927. The predicted molar refractivity (Wildman–Crippen MR) is 89.3 cm³/mol. The molecule has 0 radical (unpaired) electrons. The number of aromatic nitrogens is 2. The van der Waals surface area contributed by atoms with Crippen molar-refractivity contribution < 1.29 is 4.79 Å². The summed E-state index contributed by atoms with van der Waals surface area (Å²) in [4.78, 5) is 20.7. The van der Waals surface area contributed by atoms with Crippen molar-refractivity contribution in [3.05, 3.63) is 28.2 Å². The molecule has 2 aromatic rings. The standard InChI is InChI=1S/C13H14BrN3OS2/c1-3-11(19-2)12(18)17-13-16-10(7-20-13)9-5-4-8(14)6-15-9/h4-7,11H,3H2,1-2H3,(H,16,17,18)/t11-/m0/s1. The summed E-state index contributed by atoms with van der Waals surface area (Å²) in [5, 5.41) is 5.33. The molecule has 1 atom stereocenters. The highest BCUT2D eigenvalue weighted by atomic mass is 79.9. The number of pyridine rings is 1. The Bertz CT molecular complexity index is 582. The zero-order chi connectivity index (χ0) is 14.5. The molecule has 0 unspecified atom stereocenters. The van der Waals surface area contributed by atoms with Gasteiger partial charge in [-0.05, 0) is 40.7 Å². The van der Waals surface area contributed by atoms with Crippen LogP contribution in [0.1, 0.15) is 13.3 Å². The van der Waals surface area contributed by atoms with Crippen LogP contribution in [0, 0.1) is 0 Å². The molecule has 0 saturated carbocycles. The smallest absolute Gasteiger partial charge is 0.239 e. The lowest BCUT2D eigenvalue weighted by Crippen LogP contribution is -2.24. The van der Waals surface area contributed by atoms with E-state index in [1.165, 1.54) is 11.3 Å². The first-order valence-corrected chi connectivity index (χ1v) is 9.01. The molecule has 1 amide bonds. The van der Waals surface area contributed by atoms with E-state index in [1.54, 1.807) is 18.0 Å². The van der Waals surface area contributed by atoms with E-state index in [4.69, 9.17) is 0 Å². The minimum absolute atomic E-state index is 0.00432. The number of nitrogens with one attached hydrogen (secondary N) is 1. The van der Waals surface area contributed by atoms with E-state index in [0.717, 1.165) is 22.3 Å². The fraction of sp³-hybridized carbons (Fsp3) is 0.308. The number of anilines is 1. The van der Waals surface area contributed by atoms with Gasteiger partial charge in [-0.1, -0.05) is 6.92 Å². The van der Waals surface area contributed by atoms with Crippen LogP contribution >= 0.6 is 39.0 Å². The maximum Gasteiger partial charge on any atom is 0.239 e. The Balaban J connectivity index is 2.09. The Kier molecular flexibility index (Phi) is 5.56. The van der Waals surface area contributed by atoms with Crippen molar-refractivity contribution in [1.82, 2.24) is 9.97 Å². The van der Waals surface area contributed by atoms with Crippen LogP contribution in [0.2, 0.25) is 0 Å². The van der Waals surface area contributed by atoms with Crippen LogP contribution in [-0.4, -0.2) is 27.4 Å². The van der Waals surface area contributed by atoms with E-state index in [0.29, 0.717) is 5.13 Å². The van der Waals surface area contributed by atoms with Crippen LogP contribution in [0.5, 0.6) is 0 Å². The molecule has 0 aromatic carbocycles. The minimum Gasteiger partial charge on any atom is -0.301 e. The number of carbonyl (C=O) groups excluding carboxylic acids is 1. The summed E-state index contributed by atoms with van der Waals surface area (Å²) in [5.41, 5.74) is 1.57. The first-order valence-electron chi connectivity index (χ1n) is 6.05. The molecule has 1 N–H and O–H groups in total. The zero-order valence-electron chi connectivity index (χ0n) is 11.1. The lowest BCUT2D eigenvalue weighted by molar-refractivity contribution is -0.115. The van der Waals surface area contributed by atoms with E-state index < -0.39 is 0 Å². The van der Waals surface area contributed by atoms with E-state index in [2.05, 4.69) is 31.2 Å². The van der Waals surface area contributed by atoms with E-state index in [-0.39, 0.29) is 11.2 Å². The molecule has 2 rings (SSSR count). The maximum atomic E-state index is 12.0. The van der Waals surface area contributed by atoms with Crippen LogP contribution in [0.4, 0.5) is 5.13 Å². The predicted octanol–water partition coefficient (Wildman–Crippen LogP) is 4.05. The van der Waals surface area contributed by atoms with Gasteiger partial charge in [0.2, 0.25) is 5.91 Å². The largest absolute Gasteiger partial charge is 0.301 e. The average molecular weight is 372 g/mol. The lowest BCUT2D eigenvalue weighted by atomic mass is 10.3. The minimum atomic E-state index is -0.0341. The second-order valence-corrected chi connectivity index (χ2v) is 6.84. The number of rotatable bonds is 5. The van der Waals surface area contributed by atoms with Crippen LogP contribution in [0.3, 0.4) is 0 Å². The molecule has 0 saturated heterocycles. The Hall–Kier alpha value is -0.920. The van der Waals surface area contributed by atoms with Crippen LogP contribution < -0.4 is 5.32 Å². The third-order valence-electron chi connectivity index (χ3n) is 2.67. The van der Waals surface area contributed by atoms with Crippen molar-refractivity contribution in [3.8, 4) is 11.4 Å². The summed E-state index contributed by atoms with van der Waals surface area (Å²) in [6.07, 6.45) is 4.47. The van der Waals surface area contributed by atoms with Gasteiger partial charge in [0.25, 0.3) is 0 Å². The van der Waals surface area contributed by atoms with Crippen molar-refractivity contribution >= 4 is 50.1 Å². The molecule has 2 aromatic heterocycles. The third kappa shape index (κ3) is 3.80. The number of amides is 1. The molecule has 0 aliphatic carbocycles. The summed E-state index contributed by atoms with van der Waals surface area (Å²) in [6.45, 7) is 2.00. The van der Waals surface area contributed by atoms with Gasteiger partial charge >= 0.3 is 0 Å². The maximum absolute atomic E-state index is 12.0. The van der Waals surface area contributed by atoms with Gasteiger partial charge in [0, 0.05) is 16.0 Å². The first kappa shape index (κ1) is 15.5. The zero-order valence-corrected chi connectivity index (χ0v) is 14.3. The lowest BCUT2D eigenvalue weighted by Gasteiger charge is -2.09. The fourth-order valence-electron chi connectivity index (χ4n) is 1.62. The van der Waals surface area contributed by atoms with E-state index in [9.17, 15) is 4.79 Å². The van der Waals surface area contributed by atoms with Crippen molar-refractivity contribution in [2.45, 2.75) is 18.6 Å². The Labute approximate surface area is 134 Å². The number of thioether (sulfide) groups is 1. The molecular formula is C13H14BrN3OS2. The molecule has 0 fully saturated rings. The number of halogens is 1. The number of thiazole rings is 1. The molecule has 2 heterocycles. The van der Waals surface area contributed by atoms with Gasteiger partial charge in [0.15, 0.2) is 5.13 Å². The second-order valence-electron chi connectivity index (χ2n) is 4.02. The number of carbonyl (C=O) groups is 1. The van der Waals surface area contributed by atoms with E-state index >= 15 is 0 Å². The molecule has 106 valence electrons. The average Bonchev–Trinajstić information content (AvgIpc) is 2.89. The highest BCUT2D eigenvalue weighted by molar-refractivity contribution is 9.10. The van der Waals surface area contributed by atoms with Gasteiger partial charge in [-0.3, -0.25) is 9.78 Å². The Morgan fingerprint density at radius 2 is 2.30 bits per heavy atom. The van der Waals surface area contributed by atoms with Gasteiger partial charge < -0.3 is 5.32 Å². The Morgan fingerprint density at radius 3 is 2.90 bits per heavy atom. The van der Waals surface area contributed by atoms with Crippen molar-refractivity contribution in [2.75, 3.05) is 11.6 Å². The van der Waals surface area contributed by atoms with Crippen molar-refractivity contribution in [2.24, 2.45) is 0 Å². The molecular weight excluding hydrogens is 358 g/mol. The third-order valence-corrected chi connectivity index (χ3v) is 5.02. The summed E-state index contributed by atoms with van der Waals surface area (Å²) >= 11 is 6.31. The molecule has 7 heteroatoms. The highest BCUT2D eigenvalue weighted by Gasteiger charge is 2.16. The van der Waals surface area contributed by atoms with Gasteiger partial charge in [0.1, 0.15) is 5.69 Å². The second kappa shape index (κ2) is 7.19.